The maximum atomic E-state index is 12.4. The van der Waals surface area contributed by atoms with Crippen molar-refractivity contribution in [2.24, 2.45) is 0 Å². The molecule has 0 bridgehead atoms. The first-order valence-electron chi connectivity index (χ1n) is 6.71. The number of hydrogen-bond acceptors (Lipinski definition) is 5. The van der Waals surface area contributed by atoms with Crippen molar-refractivity contribution in [3.05, 3.63) is 54.4 Å². The fourth-order valence-electron chi connectivity index (χ4n) is 2.42. The molecule has 1 aromatic heterocycles. The fraction of sp³-hybridized carbons (Fsp3) is 0.267. The average Bonchev–Trinajstić information content (AvgIpc) is 2.83. The zero-order valence-electron chi connectivity index (χ0n) is 11.8. The Labute approximate surface area is 122 Å². The molecule has 21 heavy (non-hydrogen) atoms. The van der Waals surface area contributed by atoms with Crippen LogP contribution >= 0.6 is 0 Å². The second-order valence-electron chi connectivity index (χ2n) is 4.90. The summed E-state index contributed by atoms with van der Waals surface area (Å²) in [6.07, 6.45) is 1.68. The minimum atomic E-state index is 0.00181. The summed E-state index contributed by atoms with van der Waals surface area (Å²) in [6.45, 7) is 6.61. The smallest absolute Gasteiger partial charge is 0.243 e. The van der Waals surface area contributed by atoms with Gasteiger partial charge in [-0.15, -0.1) is 10.2 Å². The second kappa shape index (κ2) is 5.40. The molecular weight excluding hydrogens is 268 g/mol. The highest BCUT2D eigenvalue weighted by Gasteiger charge is 2.25. The van der Waals surface area contributed by atoms with Crippen molar-refractivity contribution in [1.82, 2.24) is 15.1 Å². The number of aryl methyl sites for hydroxylation is 1. The topological polar surface area (TPSA) is 62.5 Å². The van der Waals surface area contributed by atoms with Gasteiger partial charge >= 0.3 is 0 Å². The molecule has 1 aliphatic heterocycles. The number of amides is 1. The number of para-hydroxylation sites is 1. The van der Waals surface area contributed by atoms with E-state index in [0.717, 1.165) is 11.3 Å². The van der Waals surface area contributed by atoms with Gasteiger partial charge in [0.2, 0.25) is 17.7 Å². The van der Waals surface area contributed by atoms with Gasteiger partial charge in [0.1, 0.15) is 6.54 Å². The number of nitrogens with zero attached hydrogens (tertiary/aromatic N) is 4. The molecule has 0 saturated carbocycles. The molecule has 1 aromatic carbocycles. The van der Waals surface area contributed by atoms with Gasteiger partial charge in [0.05, 0.1) is 6.54 Å². The molecular formula is C15H16N4O2. The van der Waals surface area contributed by atoms with Crippen molar-refractivity contribution >= 4 is 11.6 Å². The summed E-state index contributed by atoms with van der Waals surface area (Å²) in [4.78, 5) is 16.0. The third-order valence-electron chi connectivity index (χ3n) is 3.43. The number of carbonyl (C=O) groups excluding carboxylic acids is 1. The van der Waals surface area contributed by atoms with Crippen LogP contribution in [-0.4, -0.2) is 27.5 Å². The van der Waals surface area contributed by atoms with E-state index in [1.54, 1.807) is 18.0 Å². The molecule has 1 amide bonds. The summed E-state index contributed by atoms with van der Waals surface area (Å²) in [5.74, 6) is 0.952. The molecule has 2 heterocycles. The highest BCUT2D eigenvalue weighted by atomic mass is 16.4. The number of fused-ring (bicyclic) bond motifs is 1. The summed E-state index contributed by atoms with van der Waals surface area (Å²) >= 11 is 0. The number of rotatable bonds is 3. The minimum Gasteiger partial charge on any atom is -0.424 e. The predicted molar refractivity (Wildman–Crippen MR) is 77.3 cm³/mol. The molecule has 1 aliphatic rings. The van der Waals surface area contributed by atoms with Gasteiger partial charge in [-0.25, -0.2) is 0 Å². The van der Waals surface area contributed by atoms with Crippen molar-refractivity contribution in [3.8, 4) is 0 Å². The Morgan fingerprint density at radius 1 is 1.33 bits per heavy atom. The standard InChI is InChI=1S/C15H16N4O2/c1-3-18-10-15(20)19(9-14-17-16-11(2)21-14)8-12-6-4-5-7-13(12)18/h3-7H,1,8-10H2,2H3. The van der Waals surface area contributed by atoms with Gasteiger partial charge in [-0.1, -0.05) is 24.8 Å². The van der Waals surface area contributed by atoms with E-state index >= 15 is 0 Å². The first-order valence-corrected chi connectivity index (χ1v) is 6.71. The Bertz CT molecular complexity index is 680. The van der Waals surface area contributed by atoms with Crippen LogP contribution in [0.2, 0.25) is 0 Å². The van der Waals surface area contributed by atoms with Crippen LogP contribution in [0.15, 0.2) is 41.5 Å². The summed E-state index contributed by atoms with van der Waals surface area (Å²) < 4.78 is 5.37. The molecule has 6 nitrogen and oxygen atoms in total. The molecule has 0 N–H and O–H groups in total. The molecule has 0 radical (unpaired) electrons. The Morgan fingerprint density at radius 2 is 2.14 bits per heavy atom. The molecule has 0 aliphatic carbocycles. The first-order chi connectivity index (χ1) is 10.2. The summed E-state index contributed by atoms with van der Waals surface area (Å²) in [5, 5.41) is 7.75. The maximum absolute atomic E-state index is 12.4. The lowest BCUT2D eigenvalue weighted by Crippen LogP contribution is -2.34. The van der Waals surface area contributed by atoms with Gasteiger partial charge in [-0.05, 0) is 17.8 Å². The Kier molecular flexibility index (Phi) is 3.43. The van der Waals surface area contributed by atoms with Crippen LogP contribution in [0.3, 0.4) is 0 Å². The number of benzene rings is 1. The molecule has 108 valence electrons. The minimum absolute atomic E-state index is 0.00181. The highest BCUT2D eigenvalue weighted by Crippen LogP contribution is 2.26. The maximum Gasteiger partial charge on any atom is 0.243 e. The van der Waals surface area contributed by atoms with Crippen LogP contribution in [0.1, 0.15) is 17.3 Å². The van der Waals surface area contributed by atoms with Gasteiger partial charge in [0, 0.05) is 19.2 Å². The lowest BCUT2D eigenvalue weighted by molar-refractivity contribution is -0.130. The van der Waals surface area contributed by atoms with Crippen LogP contribution in [0, 0.1) is 6.92 Å². The van der Waals surface area contributed by atoms with E-state index < -0.39 is 0 Å². The van der Waals surface area contributed by atoms with E-state index in [-0.39, 0.29) is 12.5 Å². The number of anilines is 1. The monoisotopic (exact) mass is 284 g/mol. The van der Waals surface area contributed by atoms with Crippen molar-refractivity contribution in [3.63, 3.8) is 0 Å². The molecule has 0 fully saturated rings. The molecule has 6 heteroatoms. The lowest BCUT2D eigenvalue weighted by atomic mass is 10.1. The molecule has 0 atom stereocenters. The van der Waals surface area contributed by atoms with E-state index in [2.05, 4.69) is 16.8 Å². The van der Waals surface area contributed by atoms with Crippen LogP contribution < -0.4 is 4.90 Å². The average molecular weight is 284 g/mol. The van der Waals surface area contributed by atoms with Crippen molar-refractivity contribution < 1.29 is 9.21 Å². The SMILES string of the molecule is C=CN1CC(=O)N(Cc2nnc(C)o2)Cc2ccccc21. The highest BCUT2D eigenvalue weighted by molar-refractivity contribution is 5.84. The molecule has 2 aromatic rings. The van der Waals surface area contributed by atoms with Crippen LogP contribution in [-0.2, 0) is 17.9 Å². The number of aromatic nitrogens is 2. The Balaban J connectivity index is 1.90. The quantitative estimate of drug-likeness (QED) is 0.861. The first kappa shape index (κ1) is 13.4. The normalized spacial score (nSPS) is 14.8. The molecule has 3 rings (SSSR count). The van der Waals surface area contributed by atoms with Gasteiger partial charge in [0.15, 0.2) is 0 Å². The second-order valence-corrected chi connectivity index (χ2v) is 4.90. The van der Waals surface area contributed by atoms with Crippen molar-refractivity contribution in [2.45, 2.75) is 20.0 Å². The summed E-state index contributed by atoms with van der Waals surface area (Å²) in [6, 6.07) is 7.92. The third kappa shape index (κ3) is 2.65. The number of carbonyl (C=O) groups is 1. The number of hydrogen-bond donors (Lipinski definition) is 0. The largest absolute Gasteiger partial charge is 0.424 e. The van der Waals surface area contributed by atoms with Gasteiger partial charge in [-0.3, -0.25) is 4.79 Å². The van der Waals surface area contributed by atoms with E-state index in [0.29, 0.717) is 24.9 Å². The van der Waals surface area contributed by atoms with Crippen molar-refractivity contribution in [1.29, 1.82) is 0 Å². The van der Waals surface area contributed by atoms with Crippen LogP contribution in [0.5, 0.6) is 0 Å². The molecule has 0 spiro atoms. The third-order valence-corrected chi connectivity index (χ3v) is 3.43. The fourth-order valence-corrected chi connectivity index (χ4v) is 2.42. The van der Waals surface area contributed by atoms with Crippen LogP contribution in [0.4, 0.5) is 5.69 Å². The molecule has 0 unspecified atom stereocenters. The summed E-state index contributed by atoms with van der Waals surface area (Å²) in [7, 11) is 0. The van der Waals surface area contributed by atoms with E-state index in [9.17, 15) is 4.79 Å². The van der Waals surface area contributed by atoms with Crippen molar-refractivity contribution in [2.75, 3.05) is 11.4 Å². The zero-order valence-corrected chi connectivity index (χ0v) is 11.8. The van der Waals surface area contributed by atoms with Gasteiger partial charge in [0.25, 0.3) is 0 Å². The van der Waals surface area contributed by atoms with E-state index in [1.165, 1.54) is 0 Å². The molecule has 0 saturated heterocycles. The summed E-state index contributed by atoms with van der Waals surface area (Å²) in [5.41, 5.74) is 2.07. The van der Waals surface area contributed by atoms with Crippen LogP contribution in [0.25, 0.3) is 0 Å². The lowest BCUT2D eigenvalue weighted by Gasteiger charge is -2.19. The Morgan fingerprint density at radius 3 is 2.86 bits per heavy atom. The van der Waals surface area contributed by atoms with E-state index in [4.69, 9.17) is 4.42 Å². The Hall–Kier alpha value is -2.63. The zero-order chi connectivity index (χ0) is 14.8. The van der Waals surface area contributed by atoms with Gasteiger partial charge in [-0.2, -0.15) is 0 Å². The van der Waals surface area contributed by atoms with E-state index in [1.807, 2.05) is 29.2 Å². The predicted octanol–water partition coefficient (Wildman–Crippen LogP) is 1.87. The van der Waals surface area contributed by atoms with Gasteiger partial charge < -0.3 is 14.2 Å².